The van der Waals surface area contributed by atoms with Crippen molar-refractivity contribution in [1.29, 1.82) is 0 Å². The maximum Gasteiger partial charge on any atom is 0.152 e. The lowest BCUT2D eigenvalue weighted by Crippen LogP contribution is -2.18. The van der Waals surface area contributed by atoms with E-state index in [-0.39, 0.29) is 28.2 Å². The van der Waals surface area contributed by atoms with E-state index in [0.717, 1.165) is 12.1 Å². The summed E-state index contributed by atoms with van der Waals surface area (Å²) < 4.78 is 49.3. The molecule has 1 aromatic carbocycles. The molecule has 1 N–H and O–H groups in total. The van der Waals surface area contributed by atoms with Gasteiger partial charge in [0.25, 0.3) is 0 Å². The van der Waals surface area contributed by atoms with Gasteiger partial charge in [-0.3, -0.25) is 0 Å². The van der Waals surface area contributed by atoms with Gasteiger partial charge in [0, 0.05) is 22.8 Å². The van der Waals surface area contributed by atoms with Crippen molar-refractivity contribution in [2.75, 3.05) is 23.4 Å². The topological polar surface area (TPSA) is 46.2 Å². The van der Waals surface area contributed by atoms with E-state index in [1.165, 1.54) is 0 Å². The number of anilines is 1. The summed E-state index contributed by atoms with van der Waals surface area (Å²) in [6.07, 6.45) is 0.553. The second kappa shape index (κ2) is 6.47. The Morgan fingerprint density at radius 2 is 1.94 bits per heavy atom. The van der Waals surface area contributed by atoms with E-state index in [9.17, 15) is 17.2 Å². The van der Waals surface area contributed by atoms with Crippen molar-refractivity contribution in [3.8, 4) is 0 Å². The Balaban J connectivity index is 2.65. The summed E-state index contributed by atoms with van der Waals surface area (Å²) in [5.41, 5.74) is 0.0723. The second-order valence-electron chi connectivity index (χ2n) is 3.82. The van der Waals surface area contributed by atoms with Crippen LogP contribution < -0.4 is 5.32 Å². The zero-order valence-corrected chi connectivity index (χ0v) is 12.2. The number of hydrogen-bond donors (Lipinski definition) is 1. The molecule has 18 heavy (non-hydrogen) atoms. The van der Waals surface area contributed by atoms with Gasteiger partial charge in [0.1, 0.15) is 11.6 Å². The summed E-state index contributed by atoms with van der Waals surface area (Å²) in [6.45, 7) is 1.87. The lowest BCUT2D eigenvalue weighted by atomic mass is 10.3. The minimum absolute atomic E-state index is 0.0723. The predicted octanol–water partition coefficient (Wildman–Crippen LogP) is 2.96. The Morgan fingerprint density at radius 3 is 2.50 bits per heavy atom. The van der Waals surface area contributed by atoms with Crippen LogP contribution in [-0.4, -0.2) is 26.5 Å². The first-order chi connectivity index (χ1) is 8.35. The van der Waals surface area contributed by atoms with Crippen LogP contribution in [0.4, 0.5) is 14.5 Å². The predicted molar refractivity (Wildman–Crippen MR) is 71.5 cm³/mol. The lowest BCUT2D eigenvalue weighted by molar-refractivity contribution is 0.582. The molecule has 0 heterocycles. The van der Waals surface area contributed by atoms with Crippen molar-refractivity contribution < 1.29 is 17.2 Å². The summed E-state index contributed by atoms with van der Waals surface area (Å²) in [5, 5.41) is 2.66. The number of sulfone groups is 1. The fraction of sp³-hybridized carbons (Fsp3) is 0.455. The van der Waals surface area contributed by atoms with Crippen LogP contribution >= 0.6 is 15.9 Å². The molecule has 3 nitrogen and oxygen atoms in total. The summed E-state index contributed by atoms with van der Waals surface area (Å²) in [7, 11) is -3.11. The van der Waals surface area contributed by atoms with E-state index in [2.05, 4.69) is 21.2 Å². The smallest absolute Gasteiger partial charge is 0.152 e. The average molecular weight is 342 g/mol. The molecule has 0 unspecified atom stereocenters. The van der Waals surface area contributed by atoms with Gasteiger partial charge in [-0.05, 0) is 28.4 Å². The van der Waals surface area contributed by atoms with E-state index in [1.807, 2.05) is 0 Å². The van der Waals surface area contributed by atoms with Crippen LogP contribution in [0.5, 0.6) is 0 Å². The summed E-state index contributed by atoms with van der Waals surface area (Å²) in [4.78, 5) is 0. The normalized spacial score (nSPS) is 11.6. The zero-order chi connectivity index (χ0) is 13.8. The largest absolute Gasteiger partial charge is 0.381 e. The van der Waals surface area contributed by atoms with Crippen molar-refractivity contribution in [1.82, 2.24) is 0 Å². The number of benzene rings is 1. The van der Waals surface area contributed by atoms with Crippen molar-refractivity contribution in [3.63, 3.8) is 0 Å². The first-order valence-electron chi connectivity index (χ1n) is 5.44. The van der Waals surface area contributed by atoms with Crippen LogP contribution in [0, 0.1) is 11.6 Å². The molecule has 0 atom stereocenters. The van der Waals surface area contributed by atoms with E-state index in [1.54, 1.807) is 6.92 Å². The maximum atomic E-state index is 13.4. The maximum absolute atomic E-state index is 13.4. The van der Waals surface area contributed by atoms with Crippen molar-refractivity contribution in [3.05, 3.63) is 28.2 Å². The SMILES string of the molecule is CCCS(=O)(=O)CCNc1c(F)cc(F)cc1Br. The Bertz CT molecular complexity index is 497. The minimum atomic E-state index is -3.11. The third-order valence-electron chi connectivity index (χ3n) is 2.24. The third kappa shape index (κ3) is 4.53. The van der Waals surface area contributed by atoms with Gasteiger partial charge in [-0.15, -0.1) is 0 Å². The summed E-state index contributed by atoms with van der Waals surface area (Å²) in [5.74, 6) is -1.41. The van der Waals surface area contributed by atoms with E-state index < -0.39 is 21.5 Å². The molecule has 0 aliphatic heterocycles. The molecular weight excluding hydrogens is 328 g/mol. The Labute approximate surface area is 114 Å². The number of hydrogen-bond acceptors (Lipinski definition) is 3. The standard InChI is InChI=1S/C11H14BrF2NO2S/c1-2-4-18(16,17)5-3-15-11-9(12)6-8(13)7-10(11)14/h6-7,15H,2-5H2,1H3. The van der Waals surface area contributed by atoms with Gasteiger partial charge in [-0.2, -0.15) is 0 Å². The third-order valence-corrected chi connectivity index (χ3v) is 4.72. The molecule has 0 saturated carbocycles. The van der Waals surface area contributed by atoms with Gasteiger partial charge >= 0.3 is 0 Å². The molecular formula is C11H14BrF2NO2S. The quantitative estimate of drug-likeness (QED) is 0.865. The first kappa shape index (κ1) is 15.4. The van der Waals surface area contributed by atoms with Crippen LogP contribution in [0.1, 0.15) is 13.3 Å². The van der Waals surface area contributed by atoms with Gasteiger partial charge in [0.2, 0.25) is 0 Å². The molecule has 7 heteroatoms. The molecule has 0 fully saturated rings. The summed E-state index contributed by atoms with van der Waals surface area (Å²) in [6, 6.07) is 1.86. The van der Waals surface area contributed by atoms with Gasteiger partial charge in [0.05, 0.1) is 11.4 Å². The Hall–Kier alpha value is -0.690. The molecule has 0 spiro atoms. The highest BCUT2D eigenvalue weighted by Crippen LogP contribution is 2.26. The number of nitrogens with one attached hydrogen (secondary N) is 1. The molecule has 0 saturated heterocycles. The average Bonchev–Trinajstić information content (AvgIpc) is 2.21. The van der Waals surface area contributed by atoms with Gasteiger partial charge < -0.3 is 5.32 Å². The minimum Gasteiger partial charge on any atom is -0.381 e. The second-order valence-corrected chi connectivity index (χ2v) is 6.98. The summed E-state index contributed by atoms with van der Waals surface area (Å²) >= 11 is 3.02. The van der Waals surface area contributed by atoms with Gasteiger partial charge in [-0.1, -0.05) is 6.92 Å². The highest BCUT2D eigenvalue weighted by molar-refractivity contribution is 9.10. The molecule has 0 bridgehead atoms. The fourth-order valence-corrected chi connectivity index (χ4v) is 3.24. The highest BCUT2D eigenvalue weighted by atomic mass is 79.9. The van der Waals surface area contributed by atoms with Crippen LogP contribution in [0.15, 0.2) is 16.6 Å². The van der Waals surface area contributed by atoms with E-state index in [0.29, 0.717) is 6.42 Å². The fourth-order valence-electron chi connectivity index (χ4n) is 1.46. The molecule has 0 radical (unpaired) electrons. The molecule has 0 amide bonds. The molecule has 0 aliphatic rings. The Kier molecular flexibility index (Phi) is 5.52. The highest BCUT2D eigenvalue weighted by Gasteiger charge is 2.12. The van der Waals surface area contributed by atoms with E-state index in [4.69, 9.17) is 0 Å². The molecule has 0 aromatic heterocycles. The zero-order valence-electron chi connectivity index (χ0n) is 9.84. The number of halogens is 3. The van der Waals surface area contributed by atoms with Crippen molar-refractivity contribution >= 4 is 31.5 Å². The number of rotatable bonds is 6. The molecule has 102 valence electrons. The van der Waals surface area contributed by atoms with Crippen molar-refractivity contribution in [2.24, 2.45) is 0 Å². The van der Waals surface area contributed by atoms with Crippen LogP contribution in [0.25, 0.3) is 0 Å². The lowest BCUT2D eigenvalue weighted by Gasteiger charge is -2.10. The Morgan fingerprint density at radius 1 is 1.28 bits per heavy atom. The van der Waals surface area contributed by atoms with Crippen molar-refractivity contribution in [2.45, 2.75) is 13.3 Å². The van der Waals surface area contributed by atoms with Gasteiger partial charge in [0.15, 0.2) is 9.84 Å². The van der Waals surface area contributed by atoms with E-state index >= 15 is 0 Å². The van der Waals surface area contributed by atoms with Crippen LogP contribution in [-0.2, 0) is 9.84 Å². The monoisotopic (exact) mass is 341 g/mol. The molecule has 0 aliphatic carbocycles. The van der Waals surface area contributed by atoms with Gasteiger partial charge in [-0.25, -0.2) is 17.2 Å². The first-order valence-corrected chi connectivity index (χ1v) is 8.06. The van der Waals surface area contributed by atoms with Crippen LogP contribution in [0.3, 0.4) is 0 Å². The molecule has 1 aromatic rings. The molecule has 1 rings (SSSR count). The van der Waals surface area contributed by atoms with Crippen LogP contribution in [0.2, 0.25) is 0 Å².